The maximum atomic E-state index is 3.82. The molecule has 0 saturated heterocycles. The molecule has 0 radical (unpaired) electrons. The summed E-state index contributed by atoms with van der Waals surface area (Å²) < 4.78 is 0. The van der Waals surface area contributed by atoms with Crippen molar-refractivity contribution in [2.75, 3.05) is 0 Å². The summed E-state index contributed by atoms with van der Waals surface area (Å²) in [5, 5.41) is 0. The number of hydrogen-bond acceptors (Lipinski definition) is 0. The topological polar surface area (TPSA) is 0 Å². The minimum Gasteiger partial charge on any atom is -0.103 e. The fourth-order valence-corrected chi connectivity index (χ4v) is 1.57. The van der Waals surface area contributed by atoms with Crippen LogP contribution in [0.4, 0.5) is 0 Å². The minimum atomic E-state index is 0.525. The Labute approximate surface area is 78.1 Å². The number of allylic oxidation sites excluding steroid dienone is 1. The summed E-state index contributed by atoms with van der Waals surface area (Å²) in [6.45, 7) is 10.7. The molecule has 0 amide bonds. The first kappa shape index (κ1) is 11.7. The Balaban J connectivity index is 3.70. The van der Waals surface area contributed by atoms with Gasteiger partial charge in [-0.25, -0.2) is 0 Å². The normalized spacial score (nSPS) is 15.6. The maximum Gasteiger partial charge on any atom is -0.0294 e. The molecule has 0 aromatic rings. The van der Waals surface area contributed by atoms with E-state index in [9.17, 15) is 0 Å². The summed E-state index contributed by atoms with van der Waals surface area (Å²) in [4.78, 5) is 0. The SMILES string of the molecule is C=CCC(C)(CC)CCCCC. The van der Waals surface area contributed by atoms with E-state index in [0.29, 0.717) is 5.41 Å². The summed E-state index contributed by atoms with van der Waals surface area (Å²) in [5.41, 5.74) is 0.525. The van der Waals surface area contributed by atoms with Crippen molar-refractivity contribution < 1.29 is 0 Å². The molecule has 1 atom stereocenters. The zero-order valence-corrected chi connectivity index (χ0v) is 9.03. The molecule has 72 valence electrons. The third kappa shape index (κ3) is 4.58. The van der Waals surface area contributed by atoms with Gasteiger partial charge in [0.25, 0.3) is 0 Å². The third-order valence-corrected chi connectivity index (χ3v) is 2.87. The number of unbranched alkanes of at least 4 members (excludes halogenated alkanes) is 2. The van der Waals surface area contributed by atoms with E-state index in [-0.39, 0.29) is 0 Å². The molecule has 0 aliphatic heterocycles. The predicted octanol–water partition coefficient (Wildman–Crippen LogP) is 4.56. The Hall–Kier alpha value is -0.260. The minimum absolute atomic E-state index is 0.525. The van der Waals surface area contributed by atoms with E-state index in [2.05, 4.69) is 33.4 Å². The molecule has 0 bridgehead atoms. The lowest BCUT2D eigenvalue weighted by atomic mass is 9.79. The fourth-order valence-electron chi connectivity index (χ4n) is 1.57. The van der Waals surface area contributed by atoms with Crippen LogP contribution < -0.4 is 0 Å². The molecule has 1 unspecified atom stereocenters. The zero-order valence-electron chi connectivity index (χ0n) is 9.03. The Morgan fingerprint density at radius 2 is 1.92 bits per heavy atom. The summed E-state index contributed by atoms with van der Waals surface area (Å²) in [6, 6.07) is 0. The van der Waals surface area contributed by atoms with Crippen LogP contribution in [0.2, 0.25) is 0 Å². The highest BCUT2D eigenvalue weighted by Crippen LogP contribution is 2.32. The lowest BCUT2D eigenvalue weighted by molar-refractivity contribution is 0.277. The molecule has 12 heavy (non-hydrogen) atoms. The monoisotopic (exact) mass is 168 g/mol. The van der Waals surface area contributed by atoms with Crippen LogP contribution in [0.1, 0.15) is 59.3 Å². The van der Waals surface area contributed by atoms with Gasteiger partial charge in [-0.1, -0.05) is 52.5 Å². The molecule has 0 nitrogen and oxygen atoms in total. The number of hydrogen-bond donors (Lipinski definition) is 0. The first-order chi connectivity index (χ1) is 5.68. The van der Waals surface area contributed by atoms with Gasteiger partial charge in [0.1, 0.15) is 0 Å². The molecule has 0 N–H and O–H groups in total. The molecule has 0 saturated carbocycles. The average Bonchev–Trinajstić information content (AvgIpc) is 2.06. The summed E-state index contributed by atoms with van der Waals surface area (Å²) in [5.74, 6) is 0. The van der Waals surface area contributed by atoms with Gasteiger partial charge in [0.05, 0.1) is 0 Å². The Bertz CT molecular complexity index is 115. The predicted molar refractivity (Wildman–Crippen MR) is 57.4 cm³/mol. The van der Waals surface area contributed by atoms with Crippen LogP contribution in [0.15, 0.2) is 12.7 Å². The second kappa shape index (κ2) is 6.28. The van der Waals surface area contributed by atoms with Crippen molar-refractivity contribution in [3.63, 3.8) is 0 Å². The van der Waals surface area contributed by atoms with Crippen molar-refractivity contribution in [1.82, 2.24) is 0 Å². The van der Waals surface area contributed by atoms with Crippen molar-refractivity contribution in [3.8, 4) is 0 Å². The fraction of sp³-hybridized carbons (Fsp3) is 0.833. The van der Waals surface area contributed by atoms with Crippen LogP contribution >= 0.6 is 0 Å². The molecule has 0 aromatic heterocycles. The molecule has 0 rings (SSSR count). The molecule has 0 fully saturated rings. The van der Waals surface area contributed by atoms with Crippen molar-refractivity contribution in [2.45, 2.75) is 59.3 Å². The van der Waals surface area contributed by atoms with E-state index < -0.39 is 0 Å². The highest BCUT2D eigenvalue weighted by atomic mass is 14.2. The largest absolute Gasteiger partial charge is 0.103 e. The van der Waals surface area contributed by atoms with Crippen LogP contribution in [0.5, 0.6) is 0 Å². The molecule has 0 aliphatic carbocycles. The Kier molecular flexibility index (Phi) is 6.14. The molecule has 0 heterocycles. The van der Waals surface area contributed by atoms with Gasteiger partial charge in [-0.2, -0.15) is 0 Å². The van der Waals surface area contributed by atoms with Crippen LogP contribution in [0, 0.1) is 5.41 Å². The van der Waals surface area contributed by atoms with E-state index >= 15 is 0 Å². The molecule has 0 aliphatic rings. The molecule has 0 spiro atoms. The second-order valence-corrected chi connectivity index (χ2v) is 4.11. The van der Waals surface area contributed by atoms with Crippen molar-refractivity contribution >= 4 is 0 Å². The average molecular weight is 168 g/mol. The highest BCUT2D eigenvalue weighted by Gasteiger charge is 2.18. The van der Waals surface area contributed by atoms with E-state index in [1.54, 1.807) is 0 Å². The van der Waals surface area contributed by atoms with Crippen LogP contribution in [-0.4, -0.2) is 0 Å². The van der Waals surface area contributed by atoms with Crippen LogP contribution in [0.3, 0.4) is 0 Å². The van der Waals surface area contributed by atoms with E-state index in [4.69, 9.17) is 0 Å². The first-order valence-electron chi connectivity index (χ1n) is 5.29. The van der Waals surface area contributed by atoms with Crippen molar-refractivity contribution in [1.29, 1.82) is 0 Å². The van der Waals surface area contributed by atoms with E-state index in [1.807, 2.05) is 0 Å². The Morgan fingerprint density at radius 3 is 2.33 bits per heavy atom. The van der Waals surface area contributed by atoms with Gasteiger partial charge in [0.15, 0.2) is 0 Å². The van der Waals surface area contributed by atoms with Gasteiger partial charge in [0, 0.05) is 0 Å². The van der Waals surface area contributed by atoms with Crippen LogP contribution in [-0.2, 0) is 0 Å². The molecular weight excluding hydrogens is 144 g/mol. The molecule has 0 aromatic carbocycles. The summed E-state index contributed by atoms with van der Waals surface area (Å²) >= 11 is 0. The van der Waals surface area contributed by atoms with E-state index in [1.165, 1.54) is 38.5 Å². The van der Waals surface area contributed by atoms with Gasteiger partial charge in [-0.3, -0.25) is 0 Å². The van der Waals surface area contributed by atoms with Gasteiger partial charge in [-0.05, 0) is 18.3 Å². The van der Waals surface area contributed by atoms with Gasteiger partial charge in [-0.15, -0.1) is 6.58 Å². The maximum absolute atomic E-state index is 3.82. The quantitative estimate of drug-likeness (QED) is 0.386. The van der Waals surface area contributed by atoms with Gasteiger partial charge >= 0.3 is 0 Å². The van der Waals surface area contributed by atoms with Crippen LogP contribution in [0.25, 0.3) is 0 Å². The molecular formula is C12H24. The standard InChI is InChI=1S/C12H24/c1-5-8-9-11-12(4,7-3)10-6-2/h6H,2,5,7-11H2,1,3-4H3. The second-order valence-electron chi connectivity index (χ2n) is 4.11. The highest BCUT2D eigenvalue weighted by molar-refractivity contribution is 4.81. The first-order valence-corrected chi connectivity index (χ1v) is 5.29. The van der Waals surface area contributed by atoms with Gasteiger partial charge in [0.2, 0.25) is 0 Å². The summed E-state index contributed by atoms with van der Waals surface area (Å²) in [7, 11) is 0. The number of rotatable bonds is 7. The lowest BCUT2D eigenvalue weighted by Crippen LogP contribution is -2.13. The smallest absolute Gasteiger partial charge is 0.0294 e. The third-order valence-electron chi connectivity index (χ3n) is 2.87. The van der Waals surface area contributed by atoms with E-state index in [0.717, 1.165) is 0 Å². The summed E-state index contributed by atoms with van der Waals surface area (Å²) in [6.07, 6.45) is 9.98. The lowest BCUT2D eigenvalue weighted by Gasteiger charge is -2.26. The van der Waals surface area contributed by atoms with Crippen molar-refractivity contribution in [3.05, 3.63) is 12.7 Å². The Morgan fingerprint density at radius 1 is 1.25 bits per heavy atom. The van der Waals surface area contributed by atoms with Crippen molar-refractivity contribution in [2.24, 2.45) is 5.41 Å². The molecule has 0 heteroatoms. The van der Waals surface area contributed by atoms with Gasteiger partial charge < -0.3 is 0 Å². The zero-order chi connectivity index (χ0) is 9.45.